The van der Waals surface area contributed by atoms with Crippen LogP contribution in [0.5, 0.6) is 0 Å². The van der Waals surface area contributed by atoms with Gasteiger partial charge < -0.3 is 9.73 Å². The molecule has 2 rings (SSSR count). The van der Waals surface area contributed by atoms with E-state index in [1.54, 1.807) is 0 Å². The van der Waals surface area contributed by atoms with Gasteiger partial charge in [-0.1, -0.05) is 0 Å². The van der Waals surface area contributed by atoms with Gasteiger partial charge in [-0.3, -0.25) is 0 Å². The van der Waals surface area contributed by atoms with Crippen LogP contribution in [0.2, 0.25) is 0 Å². The largest absolute Gasteiger partial charge is 0.449 e. The van der Waals surface area contributed by atoms with Gasteiger partial charge in [0.25, 0.3) is 0 Å². The first-order chi connectivity index (χ1) is 7.88. The Morgan fingerprint density at radius 1 is 1.62 bits per heavy atom. The van der Waals surface area contributed by atoms with Crippen LogP contribution in [-0.4, -0.2) is 29.6 Å². The number of oxazole rings is 1. The molecule has 0 aromatic carbocycles. The van der Waals surface area contributed by atoms with E-state index in [9.17, 15) is 0 Å². The van der Waals surface area contributed by atoms with Crippen molar-refractivity contribution in [3.8, 4) is 0 Å². The lowest BCUT2D eigenvalue weighted by molar-refractivity contribution is 0.488. The number of nitrogens with one attached hydrogen (secondary N) is 1. The standard InChI is InChI=1S/C12H20N2OS/c1-13-6-2-4-10-9-15-12(14-10)8-11-5-3-7-16-11/h9,11,13H,2-8H2,1H3. The molecular weight excluding hydrogens is 220 g/mol. The van der Waals surface area contributed by atoms with Crippen LogP contribution in [0.1, 0.15) is 30.8 Å². The molecule has 1 aliphatic heterocycles. The Labute approximate surface area is 101 Å². The topological polar surface area (TPSA) is 38.1 Å². The lowest BCUT2D eigenvalue weighted by Gasteiger charge is -2.03. The highest BCUT2D eigenvalue weighted by molar-refractivity contribution is 8.00. The van der Waals surface area contributed by atoms with Crippen molar-refractivity contribution in [1.82, 2.24) is 10.3 Å². The van der Waals surface area contributed by atoms with Crippen molar-refractivity contribution in [3.05, 3.63) is 17.8 Å². The highest BCUT2D eigenvalue weighted by atomic mass is 32.2. The number of aryl methyl sites for hydroxylation is 1. The molecule has 90 valence electrons. The minimum atomic E-state index is 0.740. The summed E-state index contributed by atoms with van der Waals surface area (Å²) in [5.74, 6) is 2.24. The third kappa shape index (κ3) is 3.52. The molecule has 16 heavy (non-hydrogen) atoms. The van der Waals surface area contributed by atoms with Crippen molar-refractivity contribution in [3.63, 3.8) is 0 Å². The summed E-state index contributed by atoms with van der Waals surface area (Å²) in [6.45, 7) is 1.04. The SMILES string of the molecule is CNCCCc1coc(CC2CCCS2)n1. The zero-order valence-corrected chi connectivity index (χ0v) is 10.7. The van der Waals surface area contributed by atoms with Crippen LogP contribution in [0.15, 0.2) is 10.7 Å². The monoisotopic (exact) mass is 240 g/mol. The van der Waals surface area contributed by atoms with Gasteiger partial charge >= 0.3 is 0 Å². The average Bonchev–Trinajstić information content (AvgIpc) is 2.91. The molecule has 3 nitrogen and oxygen atoms in total. The highest BCUT2D eigenvalue weighted by Gasteiger charge is 2.18. The van der Waals surface area contributed by atoms with E-state index in [1.165, 1.54) is 18.6 Å². The van der Waals surface area contributed by atoms with E-state index in [1.807, 2.05) is 13.3 Å². The molecule has 1 aliphatic rings. The summed E-state index contributed by atoms with van der Waals surface area (Å²) in [7, 11) is 1.98. The Bertz CT molecular complexity index is 308. The van der Waals surface area contributed by atoms with Crippen LogP contribution in [0.3, 0.4) is 0 Å². The second kappa shape index (κ2) is 6.30. The van der Waals surface area contributed by atoms with Crippen LogP contribution in [0, 0.1) is 0 Å². The van der Waals surface area contributed by atoms with Crippen LogP contribution < -0.4 is 5.32 Å². The van der Waals surface area contributed by atoms with Crippen LogP contribution >= 0.6 is 11.8 Å². The van der Waals surface area contributed by atoms with Crippen molar-refractivity contribution in [1.29, 1.82) is 0 Å². The second-order valence-electron chi connectivity index (χ2n) is 4.28. The van der Waals surface area contributed by atoms with Gasteiger partial charge in [-0.05, 0) is 45.0 Å². The van der Waals surface area contributed by atoms with Crippen molar-refractivity contribution in [2.24, 2.45) is 0 Å². The zero-order valence-electron chi connectivity index (χ0n) is 9.87. The number of hydrogen-bond acceptors (Lipinski definition) is 4. The molecule has 1 atom stereocenters. The van der Waals surface area contributed by atoms with E-state index in [0.717, 1.165) is 42.6 Å². The fourth-order valence-electron chi connectivity index (χ4n) is 2.00. The number of nitrogens with zero attached hydrogens (tertiary/aromatic N) is 1. The molecule has 0 amide bonds. The molecule has 0 saturated carbocycles. The predicted octanol–water partition coefficient (Wildman–Crippen LogP) is 2.26. The van der Waals surface area contributed by atoms with E-state index < -0.39 is 0 Å². The maximum absolute atomic E-state index is 5.51. The summed E-state index contributed by atoms with van der Waals surface area (Å²) in [6, 6.07) is 0. The minimum absolute atomic E-state index is 0.740. The number of aromatic nitrogens is 1. The van der Waals surface area contributed by atoms with E-state index in [-0.39, 0.29) is 0 Å². The van der Waals surface area contributed by atoms with Gasteiger partial charge in [0.05, 0.1) is 5.69 Å². The van der Waals surface area contributed by atoms with Gasteiger partial charge in [0.1, 0.15) is 6.26 Å². The summed E-state index contributed by atoms with van der Waals surface area (Å²) < 4.78 is 5.51. The molecular formula is C12H20N2OS. The summed E-state index contributed by atoms with van der Waals surface area (Å²) in [6.07, 6.45) is 7.65. The van der Waals surface area contributed by atoms with Crippen molar-refractivity contribution in [2.75, 3.05) is 19.3 Å². The molecule has 1 N–H and O–H groups in total. The first-order valence-electron chi connectivity index (χ1n) is 6.08. The summed E-state index contributed by atoms with van der Waals surface area (Å²) >= 11 is 2.06. The Balaban J connectivity index is 1.77. The predicted molar refractivity (Wildman–Crippen MR) is 67.9 cm³/mol. The maximum atomic E-state index is 5.51. The molecule has 1 saturated heterocycles. The molecule has 4 heteroatoms. The van der Waals surface area contributed by atoms with E-state index in [2.05, 4.69) is 22.1 Å². The molecule has 2 heterocycles. The first kappa shape index (κ1) is 12.0. The molecule has 0 aliphatic carbocycles. The molecule has 0 spiro atoms. The third-order valence-corrected chi connectivity index (χ3v) is 4.28. The second-order valence-corrected chi connectivity index (χ2v) is 5.69. The highest BCUT2D eigenvalue weighted by Crippen LogP contribution is 2.28. The van der Waals surface area contributed by atoms with Gasteiger partial charge in [0.2, 0.25) is 0 Å². The van der Waals surface area contributed by atoms with Crippen LogP contribution in [-0.2, 0) is 12.8 Å². The Kier molecular flexibility index (Phi) is 4.72. The molecule has 1 unspecified atom stereocenters. The smallest absolute Gasteiger partial charge is 0.195 e. The first-order valence-corrected chi connectivity index (χ1v) is 7.13. The van der Waals surface area contributed by atoms with Gasteiger partial charge in [-0.25, -0.2) is 4.98 Å². The molecule has 1 aromatic rings. The molecule has 1 aromatic heterocycles. The van der Waals surface area contributed by atoms with Crippen molar-refractivity contribution in [2.45, 2.75) is 37.4 Å². The molecule has 0 bridgehead atoms. The average molecular weight is 240 g/mol. The minimum Gasteiger partial charge on any atom is -0.449 e. The number of thioether (sulfide) groups is 1. The lowest BCUT2D eigenvalue weighted by Crippen LogP contribution is -2.08. The normalized spacial score (nSPS) is 20.4. The fourth-order valence-corrected chi connectivity index (χ4v) is 3.26. The van der Waals surface area contributed by atoms with Gasteiger partial charge in [-0.2, -0.15) is 11.8 Å². The van der Waals surface area contributed by atoms with Gasteiger partial charge in [0.15, 0.2) is 5.89 Å². The van der Waals surface area contributed by atoms with Gasteiger partial charge in [0, 0.05) is 11.7 Å². The number of hydrogen-bond donors (Lipinski definition) is 1. The lowest BCUT2D eigenvalue weighted by atomic mass is 10.2. The van der Waals surface area contributed by atoms with Crippen molar-refractivity contribution < 1.29 is 4.42 Å². The molecule has 0 radical (unpaired) electrons. The van der Waals surface area contributed by atoms with Crippen LogP contribution in [0.4, 0.5) is 0 Å². The van der Waals surface area contributed by atoms with E-state index in [4.69, 9.17) is 4.42 Å². The Hall–Kier alpha value is -0.480. The fraction of sp³-hybridized carbons (Fsp3) is 0.750. The van der Waals surface area contributed by atoms with Gasteiger partial charge in [-0.15, -0.1) is 0 Å². The molecule has 1 fully saturated rings. The summed E-state index contributed by atoms with van der Waals surface area (Å²) in [5, 5.41) is 3.88. The van der Waals surface area contributed by atoms with Crippen LogP contribution in [0.25, 0.3) is 0 Å². The maximum Gasteiger partial charge on any atom is 0.195 e. The number of rotatable bonds is 6. The Morgan fingerprint density at radius 2 is 2.56 bits per heavy atom. The van der Waals surface area contributed by atoms with E-state index in [0.29, 0.717) is 0 Å². The van der Waals surface area contributed by atoms with E-state index >= 15 is 0 Å². The van der Waals surface area contributed by atoms with Crippen molar-refractivity contribution >= 4 is 11.8 Å². The zero-order chi connectivity index (χ0) is 11.2. The quantitative estimate of drug-likeness (QED) is 0.774. The summed E-state index contributed by atoms with van der Waals surface area (Å²) in [5.41, 5.74) is 1.10. The summed E-state index contributed by atoms with van der Waals surface area (Å²) in [4.78, 5) is 4.54. The Morgan fingerprint density at radius 3 is 3.31 bits per heavy atom. The third-order valence-electron chi connectivity index (χ3n) is 2.89.